The first kappa shape index (κ1) is 24.6. The fourth-order valence-electron chi connectivity index (χ4n) is 2.91. The number of amides is 1. The van der Waals surface area contributed by atoms with Gasteiger partial charge in [0.05, 0.1) is 21.9 Å². The lowest BCUT2D eigenvalue weighted by Gasteiger charge is -2.18. The fraction of sp³-hybridized carbons (Fsp3) is 0.182. The molecule has 0 saturated heterocycles. The van der Waals surface area contributed by atoms with E-state index < -0.39 is 12.0 Å². The maximum absolute atomic E-state index is 12.6. The van der Waals surface area contributed by atoms with Crippen molar-refractivity contribution in [2.75, 3.05) is 23.6 Å². The van der Waals surface area contributed by atoms with Gasteiger partial charge in [-0.3, -0.25) is 15.2 Å². The third-order valence-corrected chi connectivity index (χ3v) is 5.57. The van der Waals surface area contributed by atoms with Crippen LogP contribution in [0.3, 0.4) is 0 Å². The highest BCUT2D eigenvalue weighted by molar-refractivity contribution is 7.85. The molecule has 3 rings (SSSR count). The summed E-state index contributed by atoms with van der Waals surface area (Å²) in [5, 5.41) is 11.7. The number of benzene rings is 1. The predicted molar refractivity (Wildman–Crippen MR) is 135 cm³/mol. The van der Waals surface area contributed by atoms with Crippen LogP contribution in [-0.2, 0) is 15.5 Å². The monoisotopic (exact) mass is 504 g/mol. The Bertz CT molecular complexity index is 1210. The molecular formula is C22H22Cl2N6O2S. The number of halogens is 2. The van der Waals surface area contributed by atoms with Crippen LogP contribution < -0.4 is 15.8 Å². The van der Waals surface area contributed by atoms with Gasteiger partial charge in [0.25, 0.3) is 5.91 Å². The Labute approximate surface area is 204 Å². The van der Waals surface area contributed by atoms with Gasteiger partial charge in [0.2, 0.25) is 0 Å². The number of ether oxygens (including phenoxy) is 1. The number of hydrogen-bond donors (Lipinski definition) is 3. The van der Waals surface area contributed by atoms with E-state index in [0.29, 0.717) is 32.9 Å². The molecule has 2 heterocycles. The molecular weight excluding hydrogens is 483 g/mol. The Morgan fingerprint density at radius 1 is 1.18 bits per heavy atom. The van der Waals surface area contributed by atoms with Gasteiger partial charge < -0.3 is 15.8 Å². The van der Waals surface area contributed by atoms with E-state index in [1.54, 1.807) is 31.2 Å². The van der Waals surface area contributed by atoms with Crippen molar-refractivity contribution in [3.05, 3.63) is 70.1 Å². The van der Waals surface area contributed by atoms with Crippen molar-refractivity contribution in [3.8, 4) is 5.75 Å². The van der Waals surface area contributed by atoms with Crippen LogP contribution in [0.25, 0.3) is 0 Å². The van der Waals surface area contributed by atoms with Gasteiger partial charge >= 0.3 is 0 Å². The summed E-state index contributed by atoms with van der Waals surface area (Å²) in [6.45, 7) is 1.78. The minimum Gasteiger partial charge on any atom is -0.486 e. The van der Waals surface area contributed by atoms with Crippen molar-refractivity contribution in [1.82, 2.24) is 9.97 Å². The van der Waals surface area contributed by atoms with E-state index in [2.05, 4.69) is 19.6 Å². The van der Waals surface area contributed by atoms with E-state index in [0.717, 1.165) is 0 Å². The first-order valence-corrected chi connectivity index (χ1v) is 12.4. The van der Waals surface area contributed by atoms with Crippen molar-refractivity contribution in [2.45, 2.75) is 13.0 Å². The Hall–Kier alpha value is -3.01. The predicted octanol–water partition coefficient (Wildman–Crippen LogP) is 5.21. The largest absolute Gasteiger partial charge is 0.486 e. The second kappa shape index (κ2) is 10.7. The number of nitrogen functional groups attached to an aromatic ring is 1. The van der Waals surface area contributed by atoms with Crippen molar-refractivity contribution in [2.24, 2.45) is 4.36 Å². The molecule has 0 saturated carbocycles. The van der Waals surface area contributed by atoms with Crippen molar-refractivity contribution >= 4 is 62.7 Å². The van der Waals surface area contributed by atoms with E-state index >= 15 is 0 Å². The third-order valence-electron chi connectivity index (χ3n) is 4.41. The number of anilines is 2. The molecule has 8 nitrogen and oxygen atoms in total. The molecule has 1 aromatic carbocycles. The zero-order valence-corrected chi connectivity index (χ0v) is 20.4. The standard InChI is InChI=1S/C22H22Cl2N6O2S/c1-12(20-16(23)10-27-11-17(20)24)32-14-5-6-18(25)15(8-14)21(26)22(31)29-13-4-7-19(28-9-13)30-33(2)3/h4-12,26H,25H2,1-3H3,(H,29,31). The fourth-order valence-corrected chi connectivity index (χ4v) is 4.07. The number of nitrogens with two attached hydrogens (primary N) is 1. The van der Waals surface area contributed by atoms with Crippen LogP contribution >= 0.6 is 23.2 Å². The first-order valence-electron chi connectivity index (χ1n) is 9.66. The topological polar surface area (TPSA) is 126 Å². The number of aromatic nitrogens is 2. The second-order valence-electron chi connectivity index (χ2n) is 7.12. The van der Waals surface area contributed by atoms with Crippen LogP contribution in [0.2, 0.25) is 10.0 Å². The lowest BCUT2D eigenvalue weighted by Crippen LogP contribution is -2.24. The SMILES string of the molecule is CC(Oc1ccc(N)c(C(=N)C(=O)Nc2ccc(N=S(C)C)nc2)c1)c1c(Cl)cncc1Cl. The smallest absolute Gasteiger partial charge is 0.274 e. The zero-order valence-electron chi connectivity index (χ0n) is 18.1. The average molecular weight is 505 g/mol. The third kappa shape index (κ3) is 6.28. The van der Waals surface area contributed by atoms with Crippen LogP contribution in [0.5, 0.6) is 5.75 Å². The number of rotatable bonds is 7. The van der Waals surface area contributed by atoms with Gasteiger partial charge in [0, 0.05) is 29.2 Å². The number of pyridine rings is 2. The van der Waals surface area contributed by atoms with Crippen LogP contribution in [-0.4, -0.2) is 34.1 Å². The van der Waals surface area contributed by atoms with Crippen LogP contribution in [0.15, 0.2) is 53.3 Å². The zero-order chi connectivity index (χ0) is 24.1. The molecule has 0 bridgehead atoms. The lowest BCUT2D eigenvalue weighted by molar-refractivity contribution is -0.110. The van der Waals surface area contributed by atoms with Gasteiger partial charge in [-0.15, -0.1) is 0 Å². The summed E-state index contributed by atoms with van der Waals surface area (Å²) in [5.41, 5.74) is 7.23. The molecule has 33 heavy (non-hydrogen) atoms. The van der Waals surface area contributed by atoms with Gasteiger partial charge in [-0.2, -0.15) is 0 Å². The summed E-state index contributed by atoms with van der Waals surface area (Å²) in [7, 11) is -0.143. The molecule has 0 radical (unpaired) electrons. The number of nitrogens with zero attached hydrogens (tertiary/aromatic N) is 3. The Balaban J connectivity index is 1.76. The summed E-state index contributed by atoms with van der Waals surface area (Å²) < 4.78 is 10.3. The van der Waals surface area contributed by atoms with Gasteiger partial charge in [-0.1, -0.05) is 33.9 Å². The molecule has 1 atom stereocenters. The average Bonchev–Trinajstić information content (AvgIpc) is 2.75. The van der Waals surface area contributed by atoms with Crippen LogP contribution in [0.4, 0.5) is 17.2 Å². The molecule has 0 aliphatic carbocycles. The molecule has 0 fully saturated rings. The maximum Gasteiger partial charge on any atom is 0.274 e. The highest BCUT2D eigenvalue weighted by Crippen LogP contribution is 2.33. The van der Waals surface area contributed by atoms with Gasteiger partial charge in [0.1, 0.15) is 17.6 Å². The van der Waals surface area contributed by atoms with Crippen molar-refractivity contribution in [1.29, 1.82) is 5.41 Å². The summed E-state index contributed by atoms with van der Waals surface area (Å²) in [6, 6.07) is 8.12. The quantitative estimate of drug-likeness (QED) is 0.300. The number of carbonyl (C=O) groups is 1. The van der Waals surface area contributed by atoms with Gasteiger partial charge in [-0.25, -0.2) is 9.35 Å². The van der Waals surface area contributed by atoms with E-state index in [1.807, 2.05) is 12.5 Å². The molecule has 11 heteroatoms. The molecule has 0 spiro atoms. The highest BCUT2D eigenvalue weighted by Gasteiger charge is 2.19. The minimum atomic E-state index is -0.635. The van der Waals surface area contributed by atoms with Gasteiger partial charge in [0.15, 0.2) is 5.82 Å². The minimum absolute atomic E-state index is 0.143. The molecule has 3 aromatic rings. The molecule has 0 aliphatic rings. The van der Waals surface area contributed by atoms with E-state index in [9.17, 15) is 4.79 Å². The summed E-state index contributed by atoms with van der Waals surface area (Å²) in [4.78, 5) is 20.8. The molecule has 2 aromatic heterocycles. The van der Waals surface area contributed by atoms with Crippen LogP contribution in [0, 0.1) is 5.41 Å². The van der Waals surface area contributed by atoms with Crippen molar-refractivity contribution in [3.63, 3.8) is 0 Å². The van der Waals surface area contributed by atoms with Crippen LogP contribution in [0.1, 0.15) is 24.2 Å². The summed E-state index contributed by atoms with van der Waals surface area (Å²) in [6.07, 6.45) is 7.90. The normalized spacial score (nSPS) is 11.7. The number of nitrogens with one attached hydrogen (secondary N) is 2. The molecule has 1 amide bonds. The molecule has 4 N–H and O–H groups in total. The maximum atomic E-state index is 12.6. The second-order valence-corrected chi connectivity index (χ2v) is 9.67. The number of hydrogen-bond acceptors (Lipinski definition) is 7. The highest BCUT2D eigenvalue weighted by atomic mass is 35.5. The molecule has 1 unspecified atom stereocenters. The van der Waals surface area contributed by atoms with Crippen molar-refractivity contribution < 1.29 is 9.53 Å². The van der Waals surface area contributed by atoms with E-state index in [-0.39, 0.29) is 27.7 Å². The Morgan fingerprint density at radius 2 is 1.88 bits per heavy atom. The Kier molecular flexibility index (Phi) is 8.01. The van der Waals surface area contributed by atoms with E-state index in [1.165, 1.54) is 24.7 Å². The van der Waals surface area contributed by atoms with Gasteiger partial charge in [-0.05, 0) is 49.8 Å². The summed E-state index contributed by atoms with van der Waals surface area (Å²) >= 11 is 12.4. The molecule has 172 valence electrons. The summed E-state index contributed by atoms with van der Waals surface area (Å²) in [5.74, 6) is 0.341. The Morgan fingerprint density at radius 3 is 2.48 bits per heavy atom. The first-order chi connectivity index (χ1) is 15.7. The number of carbonyl (C=O) groups excluding carboxylic acids is 1. The molecule has 0 aliphatic heterocycles. The van der Waals surface area contributed by atoms with E-state index in [4.69, 9.17) is 39.1 Å². The lowest BCUT2D eigenvalue weighted by atomic mass is 10.1.